The van der Waals surface area contributed by atoms with Crippen molar-refractivity contribution >= 4 is 12.0 Å². The first-order valence-electron chi connectivity index (χ1n) is 6.95. The molecule has 1 aliphatic heterocycles. The lowest BCUT2D eigenvalue weighted by molar-refractivity contribution is 0.0660. The largest absolute Gasteiger partial charge is 0.475 e. The van der Waals surface area contributed by atoms with Crippen LogP contribution in [0.3, 0.4) is 0 Å². The number of rotatable bonds is 4. The van der Waals surface area contributed by atoms with Crippen LogP contribution in [0, 0.1) is 5.92 Å². The molecule has 1 aromatic heterocycles. The SMILES string of the molecule is CCC1CCCN(C(=O)NCc2ccc(C(=O)O)o2)C1. The van der Waals surface area contributed by atoms with Crippen molar-refractivity contribution in [1.29, 1.82) is 0 Å². The molecule has 0 bridgehead atoms. The second-order valence-corrected chi connectivity index (χ2v) is 5.09. The fourth-order valence-corrected chi connectivity index (χ4v) is 2.45. The molecule has 0 saturated carbocycles. The van der Waals surface area contributed by atoms with E-state index >= 15 is 0 Å². The molecule has 1 unspecified atom stereocenters. The second-order valence-electron chi connectivity index (χ2n) is 5.09. The van der Waals surface area contributed by atoms with Gasteiger partial charge < -0.3 is 19.7 Å². The molecule has 1 aliphatic rings. The van der Waals surface area contributed by atoms with Crippen molar-refractivity contribution in [3.63, 3.8) is 0 Å². The zero-order valence-electron chi connectivity index (χ0n) is 11.6. The van der Waals surface area contributed by atoms with Crippen LogP contribution in [0.15, 0.2) is 16.5 Å². The Hall–Kier alpha value is -1.98. The number of aromatic carboxylic acids is 1. The van der Waals surface area contributed by atoms with E-state index in [9.17, 15) is 9.59 Å². The Morgan fingerprint density at radius 1 is 1.50 bits per heavy atom. The number of hydrogen-bond acceptors (Lipinski definition) is 3. The molecule has 0 aliphatic carbocycles. The number of piperidine rings is 1. The third-order valence-corrected chi connectivity index (χ3v) is 3.67. The molecule has 0 aromatic carbocycles. The van der Waals surface area contributed by atoms with Crippen molar-refractivity contribution in [3.8, 4) is 0 Å². The number of carboxylic acids is 1. The minimum atomic E-state index is -1.11. The second kappa shape index (κ2) is 6.45. The summed E-state index contributed by atoms with van der Waals surface area (Å²) in [6.45, 7) is 3.92. The highest BCUT2D eigenvalue weighted by molar-refractivity contribution is 5.84. The lowest BCUT2D eigenvalue weighted by atomic mass is 9.96. The van der Waals surface area contributed by atoms with Gasteiger partial charge in [0.1, 0.15) is 5.76 Å². The highest BCUT2D eigenvalue weighted by atomic mass is 16.4. The molecule has 1 saturated heterocycles. The summed E-state index contributed by atoms with van der Waals surface area (Å²) in [5, 5.41) is 11.5. The quantitative estimate of drug-likeness (QED) is 0.886. The number of carboxylic acid groups (broad SMARTS) is 1. The maximum absolute atomic E-state index is 12.0. The van der Waals surface area contributed by atoms with Crippen molar-refractivity contribution in [1.82, 2.24) is 10.2 Å². The van der Waals surface area contributed by atoms with Crippen LogP contribution < -0.4 is 5.32 Å². The van der Waals surface area contributed by atoms with Gasteiger partial charge in [0, 0.05) is 13.1 Å². The first-order valence-corrected chi connectivity index (χ1v) is 6.95. The van der Waals surface area contributed by atoms with E-state index in [1.54, 1.807) is 6.07 Å². The maximum atomic E-state index is 12.0. The number of carbonyl (C=O) groups excluding carboxylic acids is 1. The van der Waals surface area contributed by atoms with Crippen LogP contribution in [-0.2, 0) is 6.54 Å². The summed E-state index contributed by atoms with van der Waals surface area (Å²) >= 11 is 0. The summed E-state index contributed by atoms with van der Waals surface area (Å²) in [6.07, 6.45) is 3.31. The van der Waals surface area contributed by atoms with Gasteiger partial charge in [0.25, 0.3) is 0 Å². The Morgan fingerprint density at radius 2 is 2.30 bits per heavy atom. The normalized spacial score (nSPS) is 18.9. The number of amides is 2. The van der Waals surface area contributed by atoms with Gasteiger partial charge in [-0.05, 0) is 30.9 Å². The molecule has 2 N–H and O–H groups in total. The summed E-state index contributed by atoms with van der Waals surface area (Å²) < 4.78 is 5.09. The van der Waals surface area contributed by atoms with Gasteiger partial charge in [0.15, 0.2) is 0 Å². The first kappa shape index (κ1) is 14.4. The van der Waals surface area contributed by atoms with Crippen LogP contribution in [0.5, 0.6) is 0 Å². The van der Waals surface area contributed by atoms with Gasteiger partial charge in [-0.1, -0.05) is 13.3 Å². The Bertz CT molecular complexity index is 483. The average molecular weight is 280 g/mol. The van der Waals surface area contributed by atoms with Crippen molar-refractivity contribution < 1.29 is 19.1 Å². The fourth-order valence-electron chi connectivity index (χ4n) is 2.45. The molecule has 6 nitrogen and oxygen atoms in total. The van der Waals surface area contributed by atoms with E-state index in [0.29, 0.717) is 11.7 Å². The Morgan fingerprint density at radius 3 is 2.95 bits per heavy atom. The van der Waals surface area contributed by atoms with E-state index in [1.165, 1.54) is 12.5 Å². The Kier molecular flexibility index (Phi) is 4.65. The van der Waals surface area contributed by atoms with Gasteiger partial charge in [-0.2, -0.15) is 0 Å². The van der Waals surface area contributed by atoms with E-state index in [4.69, 9.17) is 9.52 Å². The number of likely N-dealkylation sites (tertiary alicyclic amines) is 1. The van der Waals surface area contributed by atoms with Gasteiger partial charge in [0.05, 0.1) is 6.54 Å². The third kappa shape index (κ3) is 3.53. The van der Waals surface area contributed by atoms with Crippen LogP contribution >= 0.6 is 0 Å². The standard InChI is InChI=1S/C14H20N2O4/c1-2-10-4-3-7-16(9-10)14(19)15-8-11-5-6-12(20-11)13(17)18/h5-6,10H,2-4,7-9H2,1H3,(H,15,19)(H,17,18). The summed E-state index contributed by atoms with van der Waals surface area (Å²) in [5.41, 5.74) is 0. The summed E-state index contributed by atoms with van der Waals surface area (Å²) in [4.78, 5) is 24.5. The van der Waals surface area contributed by atoms with E-state index < -0.39 is 5.97 Å². The van der Waals surface area contributed by atoms with E-state index in [0.717, 1.165) is 25.9 Å². The number of nitrogens with one attached hydrogen (secondary N) is 1. The number of carbonyl (C=O) groups is 2. The zero-order valence-corrected chi connectivity index (χ0v) is 11.6. The maximum Gasteiger partial charge on any atom is 0.371 e. The predicted molar refractivity (Wildman–Crippen MR) is 72.5 cm³/mol. The Labute approximate surface area is 117 Å². The number of urea groups is 1. The molecule has 0 spiro atoms. The van der Waals surface area contributed by atoms with Gasteiger partial charge in [0.2, 0.25) is 5.76 Å². The number of hydrogen-bond donors (Lipinski definition) is 2. The van der Waals surface area contributed by atoms with Crippen molar-refractivity contribution in [2.45, 2.75) is 32.7 Å². The fraction of sp³-hybridized carbons (Fsp3) is 0.571. The van der Waals surface area contributed by atoms with Crippen molar-refractivity contribution in [3.05, 3.63) is 23.7 Å². The van der Waals surface area contributed by atoms with E-state index in [1.807, 2.05) is 4.90 Å². The van der Waals surface area contributed by atoms with Crippen molar-refractivity contribution in [2.24, 2.45) is 5.92 Å². The minimum Gasteiger partial charge on any atom is -0.475 e. The summed E-state index contributed by atoms with van der Waals surface area (Å²) in [6, 6.07) is 2.84. The highest BCUT2D eigenvalue weighted by Gasteiger charge is 2.22. The molecule has 20 heavy (non-hydrogen) atoms. The lowest BCUT2D eigenvalue weighted by Gasteiger charge is -2.32. The van der Waals surface area contributed by atoms with Crippen LogP contribution in [0.2, 0.25) is 0 Å². The molecule has 1 aromatic rings. The van der Waals surface area contributed by atoms with Gasteiger partial charge in [-0.25, -0.2) is 9.59 Å². The topological polar surface area (TPSA) is 82.8 Å². The molecule has 2 rings (SSSR count). The van der Waals surface area contributed by atoms with Gasteiger partial charge in [-0.15, -0.1) is 0 Å². The Balaban J connectivity index is 1.83. The average Bonchev–Trinajstić information content (AvgIpc) is 2.94. The molecule has 1 fully saturated rings. The molecule has 1 atom stereocenters. The predicted octanol–water partition coefficient (Wildman–Crippen LogP) is 2.31. The smallest absolute Gasteiger partial charge is 0.371 e. The van der Waals surface area contributed by atoms with Gasteiger partial charge in [-0.3, -0.25) is 0 Å². The van der Waals surface area contributed by atoms with E-state index in [-0.39, 0.29) is 18.3 Å². The van der Waals surface area contributed by atoms with Crippen LogP contribution in [0.25, 0.3) is 0 Å². The monoisotopic (exact) mass is 280 g/mol. The van der Waals surface area contributed by atoms with Crippen LogP contribution in [0.4, 0.5) is 4.79 Å². The highest BCUT2D eigenvalue weighted by Crippen LogP contribution is 2.19. The zero-order chi connectivity index (χ0) is 14.5. The molecule has 6 heteroatoms. The first-order chi connectivity index (χ1) is 9.60. The molecule has 2 amide bonds. The molecular weight excluding hydrogens is 260 g/mol. The number of furan rings is 1. The van der Waals surface area contributed by atoms with Crippen LogP contribution in [0.1, 0.15) is 42.5 Å². The van der Waals surface area contributed by atoms with Crippen LogP contribution in [-0.4, -0.2) is 35.1 Å². The third-order valence-electron chi connectivity index (χ3n) is 3.67. The van der Waals surface area contributed by atoms with Gasteiger partial charge >= 0.3 is 12.0 Å². The van der Waals surface area contributed by atoms with Crippen molar-refractivity contribution in [2.75, 3.05) is 13.1 Å². The summed E-state index contributed by atoms with van der Waals surface area (Å²) in [5.74, 6) is -0.195. The van der Waals surface area contributed by atoms with E-state index in [2.05, 4.69) is 12.2 Å². The molecular formula is C14H20N2O4. The molecule has 110 valence electrons. The summed E-state index contributed by atoms with van der Waals surface area (Å²) in [7, 11) is 0. The molecule has 0 radical (unpaired) electrons. The molecule has 2 heterocycles. The lowest BCUT2D eigenvalue weighted by Crippen LogP contribution is -2.45. The number of nitrogens with zero attached hydrogens (tertiary/aromatic N) is 1. The minimum absolute atomic E-state index is 0.113.